The minimum absolute atomic E-state index is 0.00865. The maximum atomic E-state index is 13.9. The van der Waals surface area contributed by atoms with Gasteiger partial charge in [-0.05, 0) is 81.5 Å². The van der Waals surface area contributed by atoms with Gasteiger partial charge in [0.05, 0.1) is 12.6 Å². The van der Waals surface area contributed by atoms with Gasteiger partial charge in [0, 0.05) is 37.0 Å². The SMILES string of the molecule is CC(O)C1NC(=O)C(CCCCN)NC(=O)CNC(=O)C(Cc2ccc(O)cc2)NC(=O)C(C)N(C)C(=O)C(Cc2ccccc2)NC1=O.Cc1c[nH]c2ccccc12. The fourth-order valence-corrected chi connectivity index (χ4v) is 6.47. The van der Waals surface area contributed by atoms with Gasteiger partial charge >= 0.3 is 0 Å². The molecule has 6 atom stereocenters. The molecule has 0 aliphatic carbocycles. The summed E-state index contributed by atoms with van der Waals surface area (Å²) >= 11 is 0. The van der Waals surface area contributed by atoms with Crippen LogP contribution >= 0.6 is 0 Å². The zero-order chi connectivity index (χ0) is 43.1. The summed E-state index contributed by atoms with van der Waals surface area (Å²) in [7, 11) is 1.38. The Bertz CT molecular complexity index is 2040. The van der Waals surface area contributed by atoms with E-state index in [2.05, 4.69) is 56.7 Å². The Balaban J connectivity index is 0.000000660. The summed E-state index contributed by atoms with van der Waals surface area (Å²) in [6, 6.07) is 17.0. The van der Waals surface area contributed by atoms with Crippen molar-refractivity contribution in [2.24, 2.45) is 5.73 Å². The van der Waals surface area contributed by atoms with Crippen LogP contribution in [0.3, 0.4) is 0 Å². The van der Waals surface area contributed by atoms with Crippen LogP contribution in [0.1, 0.15) is 49.8 Å². The van der Waals surface area contributed by atoms with Crippen molar-refractivity contribution in [3.05, 3.63) is 102 Å². The second kappa shape index (κ2) is 22.0. The lowest BCUT2D eigenvalue weighted by molar-refractivity contribution is -0.143. The van der Waals surface area contributed by atoms with Crippen LogP contribution in [-0.2, 0) is 41.6 Å². The number of benzene rings is 3. The monoisotopic (exact) mass is 812 g/mol. The van der Waals surface area contributed by atoms with Crippen LogP contribution in [-0.4, -0.2) is 112 Å². The molecule has 2 heterocycles. The van der Waals surface area contributed by atoms with Gasteiger partial charge in [0.1, 0.15) is 36.0 Å². The molecule has 4 aromatic rings. The smallest absolute Gasteiger partial charge is 0.245 e. The molecule has 16 nitrogen and oxygen atoms in total. The fourth-order valence-electron chi connectivity index (χ4n) is 6.47. The van der Waals surface area contributed by atoms with E-state index in [1.165, 1.54) is 49.5 Å². The van der Waals surface area contributed by atoms with Crippen LogP contribution in [0.5, 0.6) is 5.75 Å². The number of hydrogen-bond acceptors (Lipinski definition) is 9. The Morgan fingerprint density at radius 2 is 1.37 bits per heavy atom. The first kappa shape index (κ1) is 45.4. The second-order valence-corrected chi connectivity index (χ2v) is 14.7. The summed E-state index contributed by atoms with van der Waals surface area (Å²) in [4.78, 5) is 85.2. The number of H-pyrrole nitrogens is 1. The highest BCUT2D eigenvalue weighted by molar-refractivity contribution is 5.97. The molecule has 0 bridgehead atoms. The minimum atomic E-state index is -1.50. The summed E-state index contributed by atoms with van der Waals surface area (Å²) in [6.45, 7) is 4.67. The van der Waals surface area contributed by atoms with E-state index in [0.29, 0.717) is 30.5 Å². The number of phenols is 1. The lowest BCUT2D eigenvalue weighted by Gasteiger charge is -2.31. The summed E-state index contributed by atoms with van der Waals surface area (Å²) in [6.07, 6.45) is 1.79. The Morgan fingerprint density at radius 3 is 2.03 bits per heavy atom. The van der Waals surface area contributed by atoms with Crippen molar-refractivity contribution in [1.82, 2.24) is 36.5 Å². The van der Waals surface area contributed by atoms with Gasteiger partial charge in [-0.3, -0.25) is 28.8 Å². The molecule has 1 aliphatic rings. The number of para-hydroxylation sites is 1. The standard InChI is InChI=1S/C34H47N7O8.C9H9N/c1-20-30(45)38-26(17-23-12-14-24(43)15-13-23)31(46)36-19-28(44)37-25(11-7-8-16-35)32(47)40-29(21(2)42)33(48)39-27(34(49)41(20)3)18-22-9-5-4-6-10-22;1-7-6-10-9-5-3-2-4-8(7)9/h4-6,9-10,12-15,20-21,25-27,29,42-43H,7-8,11,16-19,35H2,1-3H3,(H,36,46)(H,37,44)(H,38,45)(H,39,48)(H,40,47);2-6,10H,1H3. The number of fused-ring (bicyclic) bond motifs is 1. The van der Waals surface area contributed by atoms with Gasteiger partial charge in [-0.25, -0.2) is 0 Å². The summed E-state index contributed by atoms with van der Waals surface area (Å²) in [5.74, 6) is -4.33. The number of amides is 6. The number of rotatable bonds is 9. The number of carbonyl (C=O) groups is 6. The first-order valence-corrected chi connectivity index (χ1v) is 19.7. The van der Waals surface area contributed by atoms with E-state index in [9.17, 15) is 39.0 Å². The number of aliphatic hydroxyl groups excluding tert-OH is 1. The Morgan fingerprint density at radius 1 is 0.746 bits per heavy atom. The fraction of sp³-hybridized carbons (Fsp3) is 0.395. The molecule has 1 fully saturated rings. The molecular formula is C43H56N8O8. The van der Waals surface area contributed by atoms with Crippen molar-refractivity contribution in [2.75, 3.05) is 20.1 Å². The highest BCUT2D eigenvalue weighted by Crippen LogP contribution is 2.16. The van der Waals surface area contributed by atoms with Crippen LogP contribution in [0.25, 0.3) is 10.9 Å². The number of nitrogens with two attached hydrogens (primary N) is 1. The third-order valence-electron chi connectivity index (χ3n) is 10.1. The third-order valence-corrected chi connectivity index (χ3v) is 10.1. The average molecular weight is 813 g/mol. The highest BCUT2D eigenvalue weighted by atomic mass is 16.3. The first-order chi connectivity index (χ1) is 28.2. The number of aryl methyl sites for hydroxylation is 1. The van der Waals surface area contributed by atoms with E-state index in [-0.39, 0.29) is 25.0 Å². The quantitative estimate of drug-likeness (QED) is 0.110. The molecule has 0 spiro atoms. The van der Waals surface area contributed by atoms with Gasteiger partial charge in [0.25, 0.3) is 0 Å². The zero-order valence-corrected chi connectivity index (χ0v) is 33.9. The Hall–Kier alpha value is -6.26. The van der Waals surface area contributed by atoms with E-state index in [1.54, 1.807) is 42.5 Å². The Kier molecular flexibility index (Phi) is 17.0. The normalized spacial score (nSPS) is 21.7. The maximum absolute atomic E-state index is 13.9. The van der Waals surface area contributed by atoms with Gasteiger partial charge in [0.2, 0.25) is 35.4 Å². The van der Waals surface area contributed by atoms with E-state index >= 15 is 0 Å². The van der Waals surface area contributed by atoms with Crippen molar-refractivity contribution >= 4 is 46.3 Å². The molecule has 6 unspecified atom stereocenters. The van der Waals surface area contributed by atoms with Crippen LogP contribution in [0.2, 0.25) is 0 Å². The van der Waals surface area contributed by atoms with Crippen LogP contribution in [0, 0.1) is 6.92 Å². The van der Waals surface area contributed by atoms with Gasteiger partial charge < -0.3 is 52.4 Å². The molecule has 0 radical (unpaired) electrons. The number of carbonyl (C=O) groups excluding carboxylic acids is 6. The molecule has 3 aromatic carbocycles. The number of aromatic amines is 1. The second-order valence-electron chi connectivity index (χ2n) is 14.7. The summed E-state index contributed by atoms with van der Waals surface area (Å²) < 4.78 is 0. The zero-order valence-electron chi connectivity index (χ0n) is 33.9. The number of hydrogen-bond donors (Lipinski definition) is 9. The molecule has 10 N–H and O–H groups in total. The van der Waals surface area contributed by atoms with Crippen molar-refractivity contribution in [1.29, 1.82) is 0 Å². The first-order valence-electron chi connectivity index (χ1n) is 19.7. The number of aromatic nitrogens is 1. The van der Waals surface area contributed by atoms with Crippen molar-refractivity contribution in [3.8, 4) is 5.75 Å². The van der Waals surface area contributed by atoms with Gasteiger partial charge in [-0.2, -0.15) is 0 Å². The number of nitrogens with one attached hydrogen (secondary N) is 6. The number of unbranched alkanes of at least 4 members (excludes halogenated alkanes) is 1. The van der Waals surface area contributed by atoms with Crippen molar-refractivity contribution < 1.29 is 39.0 Å². The number of phenolic OH excluding ortho intramolecular Hbond substituents is 1. The minimum Gasteiger partial charge on any atom is -0.508 e. The molecule has 1 aromatic heterocycles. The predicted molar refractivity (Wildman–Crippen MR) is 223 cm³/mol. The highest BCUT2D eigenvalue weighted by Gasteiger charge is 2.36. The number of aliphatic hydroxyl groups is 1. The van der Waals surface area contributed by atoms with E-state index in [0.717, 1.165) is 4.90 Å². The molecule has 59 heavy (non-hydrogen) atoms. The molecule has 1 saturated heterocycles. The number of aromatic hydroxyl groups is 1. The lowest BCUT2D eigenvalue weighted by Crippen LogP contribution is -2.62. The average Bonchev–Trinajstić information content (AvgIpc) is 3.61. The van der Waals surface area contributed by atoms with Crippen LogP contribution in [0.15, 0.2) is 85.1 Å². The molecule has 316 valence electrons. The summed E-state index contributed by atoms with van der Waals surface area (Å²) in [5.41, 5.74) is 9.44. The van der Waals surface area contributed by atoms with Gasteiger partial charge in [-0.1, -0.05) is 60.7 Å². The topological polar surface area (TPSA) is 248 Å². The van der Waals surface area contributed by atoms with Crippen LogP contribution < -0.4 is 32.3 Å². The molecular weight excluding hydrogens is 757 g/mol. The van der Waals surface area contributed by atoms with Crippen molar-refractivity contribution in [2.45, 2.75) is 89.2 Å². The van der Waals surface area contributed by atoms with E-state index in [4.69, 9.17) is 5.73 Å². The van der Waals surface area contributed by atoms with Crippen LogP contribution in [0.4, 0.5) is 0 Å². The number of likely N-dealkylation sites (N-methyl/N-ethyl adjacent to an activating group) is 1. The molecule has 16 heteroatoms. The largest absolute Gasteiger partial charge is 0.508 e. The molecule has 1 aliphatic heterocycles. The van der Waals surface area contributed by atoms with E-state index < -0.39 is 78.3 Å². The maximum Gasteiger partial charge on any atom is 0.245 e. The number of nitrogens with zero attached hydrogens (tertiary/aromatic N) is 1. The summed E-state index contributed by atoms with van der Waals surface area (Å²) in [5, 5.41) is 34.4. The van der Waals surface area contributed by atoms with Gasteiger partial charge in [-0.15, -0.1) is 0 Å². The lowest BCUT2D eigenvalue weighted by atomic mass is 10.0. The third kappa shape index (κ3) is 13.4. The molecule has 6 amide bonds. The molecule has 5 rings (SSSR count). The predicted octanol–water partition coefficient (Wildman–Crippen LogP) is 1.08. The van der Waals surface area contributed by atoms with Gasteiger partial charge in [0.15, 0.2) is 0 Å². The van der Waals surface area contributed by atoms with Crippen molar-refractivity contribution in [3.63, 3.8) is 0 Å². The van der Waals surface area contributed by atoms with E-state index in [1.807, 2.05) is 12.3 Å². The Labute approximate surface area is 343 Å². The molecule has 0 saturated carbocycles.